The summed E-state index contributed by atoms with van der Waals surface area (Å²) in [6, 6.07) is 0.114. The highest BCUT2D eigenvalue weighted by molar-refractivity contribution is 5.93. The van der Waals surface area contributed by atoms with Gasteiger partial charge in [-0.1, -0.05) is 6.92 Å². The van der Waals surface area contributed by atoms with Crippen LogP contribution in [0.15, 0.2) is 11.8 Å². The SMILES string of the molecule is CC1C(C(=O)O)=CN2C(=O)C[C@@H]12. The molecule has 1 amide bonds. The van der Waals surface area contributed by atoms with Crippen molar-refractivity contribution in [3.8, 4) is 0 Å². The van der Waals surface area contributed by atoms with Crippen molar-refractivity contribution in [1.29, 1.82) is 0 Å². The van der Waals surface area contributed by atoms with Crippen molar-refractivity contribution in [2.24, 2.45) is 5.92 Å². The lowest BCUT2D eigenvalue weighted by molar-refractivity contribution is -0.141. The third-order valence-corrected chi connectivity index (χ3v) is 2.62. The Morgan fingerprint density at radius 1 is 1.75 bits per heavy atom. The summed E-state index contributed by atoms with van der Waals surface area (Å²) in [5.74, 6) is -0.895. The molecule has 2 aliphatic heterocycles. The van der Waals surface area contributed by atoms with Gasteiger partial charge < -0.3 is 10.0 Å². The van der Waals surface area contributed by atoms with Crippen LogP contribution in [0.25, 0.3) is 0 Å². The second-order valence-electron chi connectivity index (χ2n) is 3.25. The third-order valence-electron chi connectivity index (χ3n) is 2.62. The highest BCUT2D eigenvalue weighted by atomic mass is 16.4. The number of carbonyl (C=O) groups excluding carboxylic acids is 1. The number of β-lactam (4-membered cyclic amide) rings is 1. The van der Waals surface area contributed by atoms with Gasteiger partial charge in [0.05, 0.1) is 11.6 Å². The van der Waals surface area contributed by atoms with Crippen LogP contribution in [0, 0.1) is 5.92 Å². The predicted molar refractivity (Wildman–Crippen MR) is 40.1 cm³/mol. The summed E-state index contributed by atoms with van der Waals surface area (Å²) < 4.78 is 0. The molecule has 1 fully saturated rings. The van der Waals surface area contributed by atoms with Crippen LogP contribution in [0.4, 0.5) is 0 Å². The lowest BCUT2D eigenvalue weighted by atomic mass is 9.90. The van der Waals surface area contributed by atoms with E-state index in [-0.39, 0.29) is 17.9 Å². The Bertz CT molecular complexity index is 295. The van der Waals surface area contributed by atoms with Crippen molar-refractivity contribution in [2.75, 3.05) is 0 Å². The highest BCUT2D eigenvalue weighted by Gasteiger charge is 2.46. The van der Waals surface area contributed by atoms with Gasteiger partial charge in [-0.15, -0.1) is 0 Å². The standard InChI is InChI=1S/C8H9NO3/c1-4-5(8(11)12)3-9-6(4)2-7(9)10/h3-4,6H,2H2,1H3,(H,11,12)/t4?,6-/m0/s1. The van der Waals surface area contributed by atoms with E-state index >= 15 is 0 Å². The normalized spacial score (nSPS) is 32.6. The van der Waals surface area contributed by atoms with Crippen LogP contribution in [-0.2, 0) is 9.59 Å². The van der Waals surface area contributed by atoms with E-state index in [0.29, 0.717) is 12.0 Å². The molecule has 12 heavy (non-hydrogen) atoms. The number of carbonyl (C=O) groups is 2. The van der Waals surface area contributed by atoms with Crippen LogP contribution in [0.2, 0.25) is 0 Å². The fourth-order valence-electron chi connectivity index (χ4n) is 1.77. The van der Waals surface area contributed by atoms with E-state index in [2.05, 4.69) is 0 Å². The number of carboxylic acids is 1. The second kappa shape index (κ2) is 2.09. The van der Waals surface area contributed by atoms with Crippen molar-refractivity contribution < 1.29 is 14.7 Å². The topological polar surface area (TPSA) is 57.6 Å². The summed E-state index contributed by atoms with van der Waals surface area (Å²) in [6.07, 6.45) is 1.96. The van der Waals surface area contributed by atoms with E-state index < -0.39 is 5.97 Å². The molecule has 2 heterocycles. The van der Waals surface area contributed by atoms with Crippen LogP contribution in [0.5, 0.6) is 0 Å². The smallest absolute Gasteiger partial charge is 0.333 e. The lowest BCUT2D eigenvalue weighted by Gasteiger charge is -2.35. The van der Waals surface area contributed by atoms with Crippen LogP contribution in [0.3, 0.4) is 0 Å². The molecule has 0 saturated carbocycles. The summed E-state index contributed by atoms with van der Waals surface area (Å²) in [4.78, 5) is 23.1. The van der Waals surface area contributed by atoms with Gasteiger partial charge >= 0.3 is 5.97 Å². The summed E-state index contributed by atoms with van der Waals surface area (Å²) in [5.41, 5.74) is 0.353. The predicted octanol–water partition coefficient (Wildman–Crippen LogP) is 0.205. The zero-order chi connectivity index (χ0) is 8.88. The molecule has 1 saturated heterocycles. The number of rotatable bonds is 1. The van der Waals surface area contributed by atoms with Crippen molar-refractivity contribution in [3.63, 3.8) is 0 Å². The Morgan fingerprint density at radius 2 is 2.42 bits per heavy atom. The molecular formula is C8H9NO3. The Kier molecular flexibility index (Phi) is 1.28. The molecule has 0 aromatic rings. The first-order chi connectivity index (χ1) is 5.61. The van der Waals surface area contributed by atoms with Crippen LogP contribution in [0.1, 0.15) is 13.3 Å². The van der Waals surface area contributed by atoms with Crippen molar-refractivity contribution in [1.82, 2.24) is 4.90 Å². The molecule has 4 nitrogen and oxygen atoms in total. The number of carboxylic acid groups (broad SMARTS) is 1. The monoisotopic (exact) mass is 167 g/mol. The lowest BCUT2D eigenvalue weighted by Crippen LogP contribution is -2.48. The molecule has 4 heteroatoms. The van der Waals surface area contributed by atoms with E-state index in [4.69, 9.17) is 5.11 Å². The number of amides is 1. The zero-order valence-corrected chi connectivity index (χ0v) is 6.65. The summed E-state index contributed by atoms with van der Waals surface area (Å²) >= 11 is 0. The van der Waals surface area contributed by atoms with E-state index in [1.807, 2.05) is 6.92 Å². The van der Waals surface area contributed by atoms with Gasteiger partial charge in [-0.25, -0.2) is 4.79 Å². The van der Waals surface area contributed by atoms with Gasteiger partial charge in [0, 0.05) is 18.5 Å². The Hall–Kier alpha value is -1.32. The van der Waals surface area contributed by atoms with Gasteiger partial charge in [0.25, 0.3) is 0 Å². The Morgan fingerprint density at radius 3 is 2.83 bits per heavy atom. The molecular weight excluding hydrogens is 158 g/mol. The average molecular weight is 167 g/mol. The van der Waals surface area contributed by atoms with Gasteiger partial charge in [-0.05, 0) is 0 Å². The van der Waals surface area contributed by atoms with Gasteiger partial charge in [0.1, 0.15) is 0 Å². The maximum atomic E-state index is 10.9. The van der Waals surface area contributed by atoms with E-state index in [9.17, 15) is 9.59 Å². The fourth-order valence-corrected chi connectivity index (χ4v) is 1.77. The highest BCUT2D eigenvalue weighted by Crippen LogP contribution is 2.37. The Balaban J connectivity index is 2.27. The number of nitrogens with zero attached hydrogens (tertiary/aromatic N) is 1. The van der Waals surface area contributed by atoms with E-state index in [1.165, 1.54) is 11.1 Å². The molecule has 0 bridgehead atoms. The minimum atomic E-state index is -0.912. The molecule has 2 aliphatic rings. The molecule has 64 valence electrons. The average Bonchev–Trinajstić information content (AvgIpc) is 2.23. The number of fused-ring (bicyclic) bond motifs is 1. The summed E-state index contributed by atoms with van der Waals surface area (Å²) in [6.45, 7) is 1.84. The summed E-state index contributed by atoms with van der Waals surface area (Å²) in [5, 5.41) is 8.73. The zero-order valence-electron chi connectivity index (χ0n) is 6.65. The van der Waals surface area contributed by atoms with E-state index in [0.717, 1.165) is 0 Å². The van der Waals surface area contributed by atoms with E-state index in [1.54, 1.807) is 0 Å². The molecule has 0 spiro atoms. The van der Waals surface area contributed by atoms with Gasteiger partial charge in [0.2, 0.25) is 5.91 Å². The van der Waals surface area contributed by atoms with Gasteiger partial charge in [0.15, 0.2) is 0 Å². The van der Waals surface area contributed by atoms with Crippen molar-refractivity contribution >= 4 is 11.9 Å². The molecule has 1 unspecified atom stereocenters. The number of aliphatic carboxylic acids is 1. The quantitative estimate of drug-likeness (QED) is 0.568. The van der Waals surface area contributed by atoms with Crippen LogP contribution < -0.4 is 0 Å². The minimum absolute atomic E-state index is 0.0137. The van der Waals surface area contributed by atoms with Crippen LogP contribution >= 0.6 is 0 Å². The number of hydrogen-bond donors (Lipinski definition) is 1. The Labute approximate surface area is 69.5 Å². The fraction of sp³-hybridized carbons (Fsp3) is 0.500. The van der Waals surface area contributed by atoms with Crippen molar-refractivity contribution in [3.05, 3.63) is 11.8 Å². The maximum absolute atomic E-state index is 10.9. The summed E-state index contributed by atoms with van der Waals surface area (Å²) in [7, 11) is 0. The first kappa shape index (κ1) is 7.34. The first-order valence-corrected chi connectivity index (χ1v) is 3.87. The van der Waals surface area contributed by atoms with Crippen molar-refractivity contribution in [2.45, 2.75) is 19.4 Å². The maximum Gasteiger partial charge on any atom is 0.333 e. The first-order valence-electron chi connectivity index (χ1n) is 3.87. The minimum Gasteiger partial charge on any atom is -0.478 e. The van der Waals surface area contributed by atoms with Gasteiger partial charge in [-0.3, -0.25) is 4.79 Å². The van der Waals surface area contributed by atoms with Gasteiger partial charge in [-0.2, -0.15) is 0 Å². The molecule has 0 aromatic heterocycles. The molecule has 0 radical (unpaired) electrons. The third kappa shape index (κ3) is 0.719. The number of hydrogen-bond acceptors (Lipinski definition) is 2. The molecule has 0 aliphatic carbocycles. The molecule has 1 N–H and O–H groups in total. The molecule has 2 atom stereocenters. The molecule has 2 rings (SSSR count). The molecule has 0 aromatic carbocycles. The largest absolute Gasteiger partial charge is 0.478 e. The van der Waals surface area contributed by atoms with Crippen LogP contribution in [-0.4, -0.2) is 27.9 Å². The second-order valence-corrected chi connectivity index (χ2v) is 3.25.